The summed E-state index contributed by atoms with van der Waals surface area (Å²) in [5.74, 6) is 6.55. The van der Waals surface area contributed by atoms with E-state index in [1.807, 2.05) is 14.0 Å². The Bertz CT molecular complexity index is 555. The van der Waals surface area contributed by atoms with Crippen molar-refractivity contribution in [3.63, 3.8) is 0 Å². The third-order valence-corrected chi connectivity index (χ3v) is 2.67. The topological polar surface area (TPSA) is 100 Å². The number of anilines is 1. The average molecular weight is 266 g/mol. The molecule has 19 heavy (non-hydrogen) atoms. The Morgan fingerprint density at radius 1 is 1.47 bits per heavy atom. The van der Waals surface area contributed by atoms with Crippen LogP contribution in [0.2, 0.25) is 0 Å². The number of ether oxygens (including phenoxy) is 2. The van der Waals surface area contributed by atoms with Crippen molar-refractivity contribution in [1.82, 2.24) is 19.7 Å². The third-order valence-electron chi connectivity index (χ3n) is 2.67. The summed E-state index contributed by atoms with van der Waals surface area (Å²) in [5, 5.41) is 4.90. The predicted molar refractivity (Wildman–Crippen MR) is 70.2 cm³/mol. The van der Waals surface area contributed by atoms with Gasteiger partial charge in [0.2, 0.25) is 0 Å². The molecule has 0 saturated carbocycles. The average Bonchev–Trinajstić information content (AvgIpc) is 2.78. The second-order valence-corrected chi connectivity index (χ2v) is 4.22. The minimum absolute atomic E-state index is 0.0230. The molecule has 3 N–H and O–H groups in total. The maximum absolute atomic E-state index is 5.59. The van der Waals surface area contributed by atoms with Crippen molar-refractivity contribution >= 4 is 16.9 Å². The van der Waals surface area contributed by atoms with Gasteiger partial charge in [-0.1, -0.05) is 0 Å². The zero-order valence-corrected chi connectivity index (χ0v) is 11.3. The molecule has 0 radical (unpaired) electrons. The smallest absolute Gasteiger partial charge is 0.163 e. The van der Waals surface area contributed by atoms with Gasteiger partial charge in [0.15, 0.2) is 17.3 Å². The van der Waals surface area contributed by atoms with E-state index in [0.717, 1.165) is 5.39 Å². The first kappa shape index (κ1) is 13.7. The zero-order chi connectivity index (χ0) is 13.8. The van der Waals surface area contributed by atoms with Gasteiger partial charge in [0.05, 0.1) is 24.3 Å². The van der Waals surface area contributed by atoms with Crippen LogP contribution in [0.4, 0.5) is 5.82 Å². The molecule has 8 nitrogen and oxygen atoms in total. The molecule has 0 aromatic carbocycles. The lowest BCUT2D eigenvalue weighted by Crippen LogP contribution is -2.16. The Balaban J connectivity index is 2.21. The van der Waals surface area contributed by atoms with Crippen LogP contribution < -0.4 is 11.3 Å². The Morgan fingerprint density at radius 2 is 2.26 bits per heavy atom. The zero-order valence-electron chi connectivity index (χ0n) is 11.3. The molecule has 0 amide bonds. The van der Waals surface area contributed by atoms with Crippen LogP contribution in [0.5, 0.6) is 0 Å². The molecular weight excluding hydrogens is 248 g/mol. The number of fused-ring (bicyclic) bond motifs is 1. The summed E-state index contributed by atoms with van der Waals surface area (Å²) in [6.45, 7) is 2.74. The fraction of sp³-hybridized carbons (Fsp3) is 0.545. The van der Waals surface area contributed by atoms with Crippen molar-refractivity contribution in [2.24, 2.45) is 12.9 Å². The van der Waals surface area contributed by atoms with Crippen LogP contribution in [0.15, 0.2) is 6.20 Å². The fourth-order valence-electron chi connectivity index (χ4n) is 1.74. The lowest BCUT2D eigenvalue weighted by Gasteiger charge is -2.11. The third kappa shape index (κ3) is 2.98. The molecule has 2 aromatic heterocycles. The summed E-state index contributed by atoms with van der Waals surface area (Å²) < 4.78 is 12.3. The van der Waals surface area contributed by atoms with E-state index in [-0.39, 0.29) is 6.10 Å². The normalized spacial score (nSPS) is 12.8. The minimum atomic E-state index is -0.0230. The van der Waals surface area contributed by atoms with Crippen molar-refractivity contribution in [2.45, 2.75) is 19.6 Å². The highest BCUT2D eigenvalue weighted by Crippen LogP contribution is 2.18. The van der Waals surface area contributed by atoms with Crippen molar-refractivity contribution in [3.05, 3.63) is 12.0 Å². The molecule has 0 aliphatic carbocycles. The summed E-state index contributed by atoms with van der Waals surface area (Å²) in [7, 11) is 3.45. The van der Waals surface area contributed by atoms with Gasteiger partial charge >= 0.3 is 0 Å². The number of nitrogen functional groups attached to an aromatic ring is 1. The Labute approximate surface area is 110 Å². The van der Waals surface area contributed by atoms with Gasteiger partial charge in [-0.25, -0.2) is 15.8 Å². The number of methoxy groups -OCH3 is 1. The van der Waals surface area contributed by atoms with Crippen molar-refractivity contribution < 1.29 is 9.47 Å². The molecule has 2 rings (SSSR count). The van der Waals surface area contributed by atoms with Gasteiger partial charge in [0, 0.05) is 14.2 Å². The van der Waals surface area contributed by atoms with Gasteiger partial charge in [-0.2, -0.15) is 5.10 Å². The van der Waals surface area contributed by atoms with E-state index in [4.69, 9.17) is 15.3 Å². The van der Waals surface area contributed by atoms with Crippen molar-refractivity contribution in [1.29, 1.82) is 0 Å². The van der Waals surface area contributed by atoms with Gasteiger partial charge in [-0.3, -0.25) is 4.68 Å². The summed E-state index contributed by atoms with van der Waals surface area (Å²) in [6, 6.07) is 0. The van der Waals surface area contributed by atoms with Gasteiger partial charge in [0.1, 0.15) is 6.61 Å². The highest BCUT2D eigenvalue weighted by molar-refractivity contribution is 5.86. The monoisotopic (exact) mass is 266 g/mol. The summed E-state index contributed by atoms with van der Waals surface area (Å²) >= 11 is 0. The molecule has 0 bridgehead atoms. The van der Waals surface area contributed by atoms with Crippen LogP contribution in [0, 0.1) is 0 Å². The molecule has 104 valence electrons. The first-order valence-electron chi connectivity index (χ1n) is 5.91. The first-order valence-corrected chi connectivity index (χ1v) is 5.91. The van der Waals surface area contributed by atoms with Crippen LogP contribution >= 0.6 is 0 Å². The molecule has 0 saturated heterocycles. The van der Waals surface area contributed by atoms with E-state index in [9.17, 15) is 0 Å². The fourth-order valence-corrected chi connectivity index (χ4v) is 1.74. The predicted octanol–water partition coefficient (Wildman–Crippen LogP) is 0.200. The Kier molecular flexibility index (Phi) is 4.25. The SMILES string of the molecule is COCC(C)OCc1nc(NN)c2cnn(C)c2n1. The lowest BCUT2D eigenvalue weighted by molar-refractivity contribution is -0.00260. The second kappa shape index (κ2) is 5.91. The standard InChI is InChI=1S/C11H18N6O2/c1-7(5-18-3)19-6-9-14-10(16-12)8-4-13-17(2)11(8)15-9/h4,7H,5-6,12H2,1-3H3,(H,14,15,16). The van der Waals surface area contributed by atoms with E-state index in [0.29, 0.717) is 30.5 Å². The van der Waals surface area contributed by atoms with Crippen LogP contribution in [0.3, 0.4) is 0 Å². The molecule has 2 heterocycles. The molecular formula is C11H18N6O2. The van der Waals surface area contributed by atoms with Gasteiger partial charge < -0.3 is 14.9 Å². The lowest BCUT2D eigenvalue weighted by atomic mass is 10.4. The molecule has 0 fully saturated rings. The summed E-state index contributed by atoms with van der Waals surface area (Å²) in [6.07, 6.45) is 1.65. The molecule has 0 aliphatic rings. The minimum Gasteiger partial charge on any atom is -0.382 e. The number of hydrogen-bond donors (Lipinski definition) is 2. The van der Waals surface area contributed by atoms with Crippen LogP contribution in [0.25, 0.3) is 11.0 Å². The van der Waals surface area contributed by atoms with Crippen LogP contribution in [-0.4, -0.2) is 39.6 Å². The van der Waals surface area contributed by atoms with E-state index < -0.39 is 0 Å². The number of aromatic nitrogens is 4. The molecule has 0 spiro atoms. The van der Waals surface area contributed by atoms with Crippen LogP contribution in [0.1, 0.15) is 12.7 Å². The molecule has 2 aromatic rings. The summed E-state index contributed by atoms with van der Waals surface area (Å²) in [4.78, 5) is 8.70. The van der Waals surface area contributed by atoms with Gasteiger partial charge in [0.25, 0.3) is 0 Å². The van der Waals surface area contributed by atoms with Crippen molar-refractivity contribution in [2.75, 3.05) is 19.1 Å². The van der Waals surface area contributed by atoms with E-state index in [1.54, 1.807) is 18.0 Å². The van der Waals surface area contributed by atoms with Gasteiger partial charge in [-0.05, 0) is 6.92 Å². The highest BCUT2D eigenvalue weighted by Gasteiger charge is 2.11. The van der Waals surface area contributed by atoms with E-state index in [1.165, 1.54) is 0 Å². The number of rotatable bonds is 6. The first-order chi connectivity index (χ1) is 9.15. The Morgan fingerprint density at radius 3 is 2.95 bits per heavy atom. The number of nitrogens with zero attached hydrogens (tertiary/aromatic N) is 4. The number of aryl methyl sites for hydroxylation is 1. The number of nitrogens with two attached hydrogens (primary N) is 1. The summed E-state index contributed by atoms with van der Waals surface area (Å²) in [5.41, 5.74) is 3.26. The number of hydrogen-bond acceptors (Lipinski definition) is 7. The van der Waals surface area contributed by atoms with E-state index >= 15 is 0 Å². The maximum Gasteiger partial charge on any atom is 0.163 e. The largest absolute Gasteiger partial charge is 0.382 e. The molecule has 1 atom stereocenters. The molecule has 1 unspecified atom stereocenters. The number of nitrogens with one attached hydrogen (secondary N) is 1. The molecule has 0 aliphatic heterocycles. The second-order valence-electron chi connectivity index (χ2n) is 4.22. The highest BCUT2D eigenvalue weighted by atomic mass is 16.5. The van der Waals surface area contributed by atoms with Gasteiger partial charge in [-0.15, -0.1) is 0 Å². The molecule has 8 heteroatoms. The van der Waals surface area contributed by atoms with Crippen LogP contribution in [-0.2, 0) is 23.1 Å². The number of hydrazine groups is 1. The Hall–Kier alpha value is -1.77. The van der Waals surface area contributed by atoms with Crippen molar-refractivity contribution in [3.8, 4) is 0 Å². The quantitative estimate of drug-likeness (QED) is 0.569. The maximum atomic E-state index is 5.59. The van der Waals surface area contributed by atoms with E-state index in [2.05, 4.69) is 20.5 Å².